The first kappa shape index (κ1) is 23.7. The van der Waals surface area contributed by atoms with Gasteiger partial charge in [-0.3, -0.25) is 4.79 Å². The summed E-state index contributed by atoms with van der Waals surface area (Å²) in [6.45, 7) is 5.28. The van der Waals surface area contributed by atoms with Crippen LogP contribution in [-0.2, 0) is 35.5 Å². The van der Waals surface area contributed by atoms with E-state index in [0.717, 1.165) is 10.4 Å². The van der Waals surface area contributed by atoms with Crippen LogP contribution in [0.1, 0.15) is 34.6 Å². The third-order valence-electron chi connectivity index (χ3n) is 4.69. The van der Waals surface area contributed by atoms with Crippen molar-refractivity contribution in [1.29, 1.82) is 0 Å². The summed E-state index contributed by atoms with van der Waals surface area (Å²) in [6.07, 6.45) is 4.82. The van der Waals surface area contributed by atoms with E-state index in [1.54, 1.807) is 6.92 Å². The summed E-state index contributed by atoms with van der Waals surface area (Å²) in [6, 6.07) is 0. The molecular formula is C20H23N3O7S2. The van der Waals surface area contributed by atoms with E-state index in [9.17, 15) is 22.8 Å². The molecule has 12 heteroatoms. The Morgan fingerprint density at radius 3 is 2.62 bits per heavy atom. The number of fused-ring (bicyclic) bond motifs is 1. The molecule has 0 unspecified atom stereocenters. The normalized spacial score (nSPS) is 16.5. The zero-order chi connectivity index (χ0) is 23.5. The molecule has 0 saturated heterocycles. The molecule has 1 aromatic heterocycles. The van der Waals surface area contributed by atoms with E-state index in [4.69, 9.17) is 9.47 Å². The van der Waals surface area contributed by atoms with Gasteiger partial charge < -0.3 is 19.7 Å². The van der Waals surface area contributed by atoms with Crippen molar-refractivity contribution < 1.29 is 32.3 Å². The average molecular weight is 482 g/mol. The van der Waals surface area contributed by atoms with Gasteiger partial charge in [-0.2, -0.15) is 0 Å². The molecule has 1 N–H and O–H groups in total. The molecule has 2 aliphatic rings. The Hall–Kier alpha value is -2.99. The molecule has 0 spiro atoms. The van der Waals surface area contributed by atoms with Crippen LogP contribution in [0.2, 0.25) is 0 Å². The number of anilines is 1. The maximum atomic E-state index is 12.4. The second-order valence-corrected chi connectivity index (χ2v) is 9.87. The smallest absolute Gasteiger partial charge is 0.341 e. The van der Waals surface area contributed by atoms with Crippen LogP contribution in [0.4, 0.5) is 5.00 Å². The van der Waals surface area contributed by atoms with Crippen LogP contribution >= 0.6 is 11.3 Å². The van der Waals surface area contributed by atoms with Gasteiger partial charge in [0.25, 0.3) is 15.9 Å². The van der Waals surface area contributed by atoms with Crippen LogP contribution in [0.15, 0.2) is 28.3 Å². The number of carbonyl (C=O) groups excluding carboxylic acids is 3. The number of ether oxygens (including phenoxy) is 2. The summed E-state index contributed by atoms with van der Waals surface area (Å²) in [4.78, 5) is 39.5. The Morgan fingerprint density at radius 2 is 1.94 bits per heavy atom. The molecule has 0 aliphatic carbocycles. The van der Waals surface area contributed by atoms with E-state index in [1.165, 1.54) is 34.6 Å². The zero-order valence-electron chi connectivity index (χ0n) is 17.8. The lowest BCUT2D eigenvalue weighted by Gasteiger charge is -2.26. The molecule has 3 rings (SSSR count). The Kier molecular flexibility index (Phi) is 7.14. The molecule has 0 saturated carbocycles. The van der Waals surface area contributed by atoms with Gasteiger partial charge in [0.15, 0.2) is 6.61 Å². The highest BCUT2D eigenvalue weighted by atomic mass is 32.2. The second-order valence-electron chi connectivity index (χ2n) is 6.89. The Bertz CT molecular complexity index is 1150. The van der Waals surface area contributed by atoms with E-state index < -0.39 is 34.5 Å². The molecule has 0 fully saturated rings. The SMILES string of the molecule is CCOC(=O)c1c(NC(=O)COC(=O)C2=CN3CCS(=O)(=O)N=C3C=C2)sc(C)c1CC. The number of thiophene rings is 1. The van der Waals surface area contributed by atoms with Crippen LogP contribution in [0, 0.1) is 6.92 Å². The van der Waals surface area contributed by atoms with Crippen molar-refractivity contribution in [3.8, 4) is 0 Å². The number of carbonyl (C=O) groups is 3. The summed E-state index contributed by atoms with van der Waals surface area (Å²) in [5.74, 6) is -1.80. The van der Waals surface area contributed by atoms with E-state index in [1.807, 2.05) is 13.8 Å². The number of nitrogens with one attached hydrogen (secondary N) is 1. The van der Waals surface area contributed by atoms with Crippen molar-refractivity contribution in [2.75, 3.05) is 30.8 Å². The molecule has 10 nitrogen and oxygen atoms in total. The summed E-state index contributed by atoms with van der Waals surface area (Å²) in [7, 11) is -3.49. The number of aryl methyl sites for hydroxylation is 1. The topological polar surface area (TPSA) is 131 Å². The largest absolute Gasteiger partial charge is 0.462 e. The van der Waals surface area contributed by atoms with Gasteiger partial charge >= 0.3 is 11.9 Å². The van der Waals surface area contributed by atoms with E-state index >= 15 is 0 Å². The summed E-state index contributed by atoms with van der Waals surface area (Å²) >= 11 is 1.26. The first-order chi connectivity index (χ1) is 15.1. The van der Waals surface area contributed by atoms with Crippen molar-refractivity contribution in [2.24, 2.45) is 4.40 Å². The van der Waals surface area contributed by atoms with Gasteiger partial charge in [-0.1, -0.05) is 6.92 Å². The Balaban J connectivity index is 1.64. The molecule has 2 aliphatic heterocycles. The first-order valence-corrected chi connectivity index (χ1v) is 12.3. The van der Waals surface area contributed by atoms with Crippen LogP contribution in [0.5, 0.6) is 0 Å². The number of esters is 2. The van der Waals surface area contributed by atoms with Gasteiger partial charge in [0.05, 0.1) is 23.5 Å². The molecular weight excluding hydrogens is 458 g/mol. The summed E-state index contributed by atoms with van der Waals surface area (Å²) in [5.41, 5.74) is 1.28. The average Bonchev–Trinajstić information content (AvgIpc) is 3.05. The maximum Gasteiger partial charge on any atom is 0.341 e. The first-order valence-electron chi connectivity index (χ1n) is 9.90. The molecule has 0 radical (unpaired) electrons. The number of hydrogen-bond donors (Lipinski definition) is 1. The Morgan fingerprint density at radius 1 is 1.19 bits per heavy atom. The number of rotatable bonds is 7. The fourth-order valence-corrected chi connectivity index (χ4v) is 5.33. The Labute approximate surface area is 189 Å². The van der Waals surface area contributed by atoms with Gasteiger partial charge in [-0.05, 0) is 38.0 Å². The molecule has 3 heterocycles. The van der Waals surface area contributed by atoms with Gasteiger partial charge in [0.1, 0.15) is 10.8 Å². The van der Waals surface area contributed by atoms with Crippen molar-refractivity contribution >= 4 is 50.0 Å². The van der Waals surface area contributed by atoms with Crippen LogP contribution in [0.25, 0.3) is 0 Å². The van der Waals surface area contributed by atoms with E-state index in [0.29, 0.717) is 17.0 Å². The lowest BCUT2D eigenvalue weighted by molar-refractivity contribution is -0.143. The number of amidine groups is 1. The van der Waals surface area contributed by atoms with E-state index in [2.05, 4.69) is 9.71 Å². The quantitative estimate of drug-likeness (QED) is 0.583. The number of amides is 1. The highest BCUT2D eigenvalue weighted by Crippen LogP contribution is 2.34. The maximum absolute atomic E-state index is 12.4. The number of nitrogens with zero attached hydrogens (tertiary/aromatic N) is 2. The van der Waals surface area contributed by atoms with Crippen LogP contribution < -0.4 is 5.32 Å². The summed E-state index contributed by atoms with van der Waals surface area (Å²) < 4.78 is 36.9. The predicted octanol–water partition coefficient (Wildman–Crippen LogP) is 1.77. The van der Waals surface area contributed by atoms with Crippen molar-refractivity contribution in [2.45, 2.75) is 27.2 Å². The molecule has 172 valence electrons. The minimum Gasteiger partial charge on any atom is -0.462 e. The zero-order valence-corrected chi connectivity index (χ0v) is 19.5. The minimum absolute atomic E-state index is 0.156. The monoisotopic (exact) mass is 481 g/mol. The standard InChI is InChI=1S/C20H23N3O7S2/c1-4-14-12(3)31-18(17(14)20(26)29-5-2)21-16(24)11-30-19(25)13-6-7-15-22-32(27,28)9-8-23(15)10-13/h6-7,10H,4-5,8-9,11H2,1-3H3,(H,21,24). The predicted molar refractivity (Wildman–Crippen MR) is 119 cm³/mol. The highest BCUT2D eigenvalue weighted by Gasteiger charge is 2.26. The van der Waals surface area contributed by atoms with Crippen molar-refractivity contribution in [3.63, 3.8) is 0 Å². The lowest BCUT2D eigenvalue weighted by atomic mass is 10.1. The molecule has 1 amide bonds. The van der Waals surface area contributed by atoms with Gasteiger partial charge in [-0.15, -0.1) is 15.7 Å². The van der Waals surface area contributed by atoms with Gasteiger partial charge in [0, 0.05) is 17.6 Å². The molecule has 0 bridgehead atoms. The van der Waals surface area contributed by atoms with Crippen molar-refractivity contribution in [3.05, 3.63) is 39.9 Å². The lowest BCUT2D eigenvalue weighted by Crippen LogP contribution is -2.37. The molecule has 0 atom stereocenters. The van der Waals surface area contributed by atoms with E-state index in [-0.39, 0.29) is 30.3 Å². The van der Waals surface area contributed by atoms with Crippen molar-refractivity contribution in [1.82, 2.24) is 4.90 Å². The minimum atomic E-state index is -3.49. The number of hydrogen-bond acceptors (Lipinski definition) is 9. The van der Waals surface area contributed by atoms with Crippen LogP contribution in [-0.4, -0.2) is 62.5 Å². The second kappa shape index (κ2) is 9.65. The molecule has 1 aromatic rings. The van der Waals surface area contributed by atoms with Gasteiger partial charge in [0.2, 0.25) is 0 Å². The highest BCUT2D eigenvalue weighted by molar-refractivity contribution is 7.90. The summed E-state index contributed by atoms with van der Waals surface area (Å²) in [5, 5.41) is 2.98. The van der Waals surface area contributed by atoms with Gasteiger partial charge in [-0.25, -0.2) is 18.0 Å². The van der Waals surface area contributed by atoms with Crippen LogP contribution in [0.3, 0.4) is 0 Å². The molecule has 32 heavy (non-hydrogen) atoms. The molecule has 0 aromatic carbocycles. The fraction of sp³-hybridized carbons (Fsp3) is 0.400. The number of sulfonamides is 1. The third kappa shape index (κ3) is 5.25. The third-order valence-corrected chi connectivity index (χ3v) is 6.92. The fourth-order valence-electron chi connectivity index (χ4n) is 3.21.